The number of rotatable bonds is 3. The van der Waals surface area contributed by atoms with E-state index in [-0.39, 0.29) is 10.0 Å². The summed E-state index contributed by atoms with van der Waals surface area (Å²) >= 11 is 6.08. The smallest absolute Gasteiger partial charge is 0.248 e. The van der Waals surface area contributed by atoms with Crippen molar-refractivity contribution < 1.29 is 13.5 Å². The first-order chi connectivity index (χ1) is 9.26. The van der Waals surface area contributed by atoms with Crippen LogP contribution in [0.5, 0.6) is 0 Å². The summed E-state index contributed by atoms with van der Waals surface area (Å²) < 4.78 is 28.4. The van der Waals surface area contributed by atoms with Crippen molar-refractivity contribution in [1.82, 2.24) is 14.1 Å². The van der Waals surface area contributed by atoms with Gasteiger partial charge in [-0.3, -0.25) is 4.68 Å². The highest BCUT2D eigenvalue weighted by Crippen LogP contribution is 2.32. The summed E-state index contributed by atoms with van der Waals surface area (Å²) in [6.07, 6.45) is 1.66. The Hall–Kier alpha value is -0.630. The Morgan fingerprint density at radius 3 is 2.60 bits per heavy atom. The number of aliphatic hydroxyl groups is 1. The predicted octanol–water partition coefficient (Wildman–Crippen LogP) is 1.31. The van der Waals surface area contributed by atoms with Gasteiger partial charge in [0, 0.05) is 13.6 Å². The molecule has 1 aromatic heterocycles. The van der Waals surface area contributed by atoms with Crippen LogP contribution >= 0.6 is 11.6 Å². The van der Waals surface area contributed by atoms with Gasteiger partial charge in [0.2, 0.25) is 10.0 Å². The molecular formula is C12H20ClN3O3S. The molecular weight excluding hydrogens is 302 g/mol. The molecule has 1 aromatic rings. The lowest BCUT2D eigenvalue weighted by Crippen LogP contribution is -2.48. The standard InChI is InChI=1S/C12H20ClN3O3S/c1-8-11(12(13)15(3)14-8)20(18,19)16-7-5-4-6-10(16)9(2)17/h9-10,17H,4-7H2,1-3H3. The van der Waals surface area contributed by atoms with E-state index in [0.29, 0.717) is 18.7 Å². The fourth-order valence-electron chi connectivity index (χ4n) is 2.73. The average molecular weight is 322 g/mol. The molecule has 0 bridgehead atoms. The van der Waals surface area contributed by atoms with Gasteiger partial charge in [0.25, 0.3) is 0 Å². The third kappa shape index (κ3) is 2.59. The molecule has 1 N–H and O–H groups in total. The SMILES string of the molecule is Cc1nn(C)c(Cl)c1S(=O)(=O)N1CCCCC1C(C)O. The largest absolute Gasteiger partial charge is 0.392 e. The zero-order valence-corrected chi connectivity index (χ0v) is 13.4. The number of hydrogen-bond donors (Lipinski definition) is 1. The molecule has 1 aliphatic heterocycles. The van der Waals surface area contributed by atoms with E-state index in [9.17, 15) is 13.5 Å². The molecule has 1 aliphatic rings. The average Bonchev–Trinajstić information content (AvgIpc) is 2.63. The quantitative estimate of drug-likeness (QED) is 0.910. The molecule has 0 amide bonds. The van der Waals surface area contributed by atoms with Crippen molar-refractivity contribution in [3.05, 3.63) is 10.8 Å². The van der Waals surface area contributed by atoms with Crippen molar-refractivity contribution >= 4 is 21.6 Å². The van der Waals surface area contributed by atoms with Crippen LogP contribution in [-0.4, -0.2) is 46.3 Å². The van der Waals surface area contributed by atoms with Crippen LogP contribution in [0.2, 0.25) is 5.15 Å². The number of sulfonamides is 1. The number of aromatic nitrogens is 2. The minimum absolute atomic E-state index is 0.0502. The number of piperidine rings is 1. The Labute approximate surface area is 124 Å². The summed E-state index contributed by atoms with van der Waals surface area (Å²) in [6, 6.07) is -0.399. The van der Waals surface area contributed by atoms with Crippen molar-refractivity contribution in [2.45, 2.75) is 50.2 Å². The van der Waals surface area contributed by atoms with Gasteiger partial charge in [-0.25, -0.2) is 8.42 Å². The third-order valence-electron chi connectivity index (χ3n) is 3.72. The first kappa shape index (κ1) is 15.8. The van der Waals surface area contributed by atoms with E-state index < -0.39 is 22.2 Å². The number of aryl methyl sites for hydroxylation is 2. The molecule has 0 saturated carbocycles. The second kappa shape index (κ2) is 5.63. The predicted molar refractivity (Wildman–Crippen MR) is 76.2 cm³/mol. The summed E-state index contributed by atoms with van der Waals surface area (Å²) in [5.74, 6) is 0. The first-order valence-corrected chi connectivity index (χ1v) is 8.47. The van der Waals surface area contributed by atoms with Crippen LogP contribution in [-0.2, 0) is 17.1 Å². The van der Waals surface area contributed by atoms with Gasteiger partial charge in [0.1, 0.15) is 10.0 Å². The lowest BCUT2D eigenvalue weighted by atomic mass is 10.0. The summed E-state index contributed by atoms with van der Waals surface area (Å²) in [4.78, 5) is 0.0502. The Kier molecular flexibility index (Phi) is 4.44. The lowest BCUT2D eigenvalue weighted by molar-refractivity contribution is 0.0831. The van der Waals surface area contributed by atoms with Gasteiger partial charge >= 0.3 is 0 Å². The van der Waals surface area contributed by atoms with Crippen molar-refractivity contribution in [3.63, 3.8) is 0 Å². The third-order valence-corrected chi connectivity index (χ3v) is 6.34. The molecule has 6 nitrogen and oxygen atoms in total. The summed E-state index contributed by atoms with van der Waals surface area (Å²) in [5, 5.41) is 14.0. The normalized spacial score (nSPS) is 22.9. The lowest BCUT2D eigenvalue weighted by Gasteiger charge is -2.36. The molecule has 0 spiro atoms. The zero-order valence-electron chi connectivity index (χ0n) is 11.9. The Morgan fingerprint density at radius 1 is 1.45 bits per heavy atom. The monoisotopic (exact) mass is 321 g/mol. The van der Waals surface area contributed by atoms with Gasteiger partial charge in [-0.15, -0.1) is 0 Å². The van der Waals surface area contributed by atoms with Gasteiger partial charge in [-0.1, -0.05) is 18.0 Å². The topological polar surface area (TPSA) is 75.4 Å². The van der Waals surface area contributed by atoms with Crippen LogP contribution in [0, 0.1) is 6.92 Å². The molecule has 8 heteroatoms. The van der Waals surface area contributed by atoms with Crippen LogP contribution in [0.1, 0.15) is 31.9 Å². The van der Waals surface area contributed by atoms with E-state index in [1.165, 1.54) is 8.99 Å². The molecule has 0 aliphatic carbocycles. The Bertz CT molecular complexity index is 597. The van der Waals surface area contributed by atoms with E-state index >= 15 is 0 Å². The zero-order chi connectivity index (χ0) is 15.1. The van der Waals surface area contributed by atoms with E-state index in [1.807, 2.05) is 0 Å². The van der Waals surface area contributed by atoms with Gasteiger partial charge in [0.15, 0.2) is 0 Å². The molecule has 1 saturated heterocycles. The van der Waals surface area contributed by atoms with E-state index in [2.05, 4.69) is 5.10 Å². The van der Waals surface area contributed by atoms with E-state index in [0.717, 1.165) is 12.8 Å². The van der Waals surface area contributed by atoms with Crippen LogP contribution < -0.4 is 0 Å². The number of hydrogen-bond acceptors (Lipinski definition) is 4. The van der Waals surface area contributed by atoms with Crippen molar-refractivity contribution in [2.75, 3.05) is 6.54 Å². The fraction of sp³-hybridized carbons (Fsp3) is 0.750. The number of halogens is 1. The number of nitrogens with zero attached hydrogens (tertiary/aromatic N) is 3. The second-order valence-electron chi connectivity index (χ2n) is 5.25. The van der Waals surface area contributed by atoms with Crippen molar-refractivity contribution in [3.8, 4) is 0 Å². The Morgan fingerprint density at radius 2 is 2.10 bits per heavy atom. The van der Waals surface area contributed by atoms with Gasteiger partial charge < -0.3 is 5.11 Å². The van der Waals surface area contributed by atoms with Gasteiger partial charge in [-0.05, 0) is 26.7 Å². The maximum atomic E-state index is 12.8. The second-order valence-corrected chi connectivity index (χ2v) is 7.43. The summed E-state index contributed by atoms with van der Waals surface area (Å²) in [6.45, 7) is 3.65. The molecule has 2 rings (SSSR count). The maximum absolute atomic E-state index is 12.8. The minimum atomic E-state index is -3.74. The highest BCUT2D eigenvalue weighted by atomic mass is 35.5. The summed E-state index contributed by atoms with van der Waals surface area (Å²) in [7, 11) is -2.13. The molecule has 2 heterocycles. The van der Waals surface area contributed by atoms with Crippen LogP contribution in [0.15, 0.2) is 4.90 Å². The van der Waals surface area contributed by atoms with Crippen LogP contribution in [0.3, 0.4) is 0 Å². The van der Waals surface area contributed by atoms with Crippen molar-refractivity contribution in [1.29, 1.82) is 0 Å². The highest BCUT2D eigenvalue weighted by molar-refractivity contribution is 7.89. The molecule has 0 radical (unpaired) electrons. The fourth-order valence-corrected chi connectivity index (χ4v) is 5.20. The molecule has 0 aromatic carbocycles. The Balaban J connectivity index is 2.48. The van der Waals surface area contributed by atoms with Crippen molar-refractivity contribution in [2.24, 2.45) is 7.05 Å². The molecule has 114 valence electrons. The van der Waals surface area contributed by atoms with E-state index in [4.69, 9.17) is 11.6 Å². The van der Waals surface area contributed by atoms with Crippen LogP contribution in [0.4, 0.5) is 0 Å². The van der Waals surface area contributed by atoms with Gasteiger partial charge in [0.05, 0.1) is 17.8 Å². The number of aliphatic hydroxyl groups excluding tert-OH is 1. The highest BCUT2D eigenvalue weighted by Gasteiger charge is 2.39. The summed E-state index contributed by atoms with van der Waals surface area (Å²) in [5.41, 5.74) is 0.382. The maximum Gasteiger partial charge on any atom is 0.248 e. The molecule has 2 unspecified atom stereocenters. The molecule has 1 fully saturated rings. The first-order valence-electron chi connectivity index (χ1n) is 6.65. The van der Waals surface area contributed by atoms with Crippen LogP contribution in [0.25, 0.3) is 0 Å². The molecule has 20 heavy (non-hydrogen) atoms. The van der Waals surface area contributed by atoms with Gasteiger partial charge in [-0.2, -0.15) is 9.40 Å². The van der Waals surface area contributed by atoms with E-state index in [1.54, 1.807) is 20.9 Å². The molecule has 2 atom stereocenters. The minimum Gasteiger partial charge on any atom is -0.392 e.